The van der Waals surface area contributed by atoms with Gasteiger partial charge in [-0.05, 0) is 25.7 Å². The third-order valence-electron chi connectivity index (χ3n) is 2.00. The molecule has 0 bridgehead atoms. The maximum absolute atomic E-state index is 10.6. The summed E-state index contributed by atoms with van der Waals surface area (Å²) >= 11 is 0. The second-order valence-corrected chi connectivity index (χ2v) is 4.19. The molecule has 0 aliphatic rings. The van der Waals surface area contributed by atoms with Crippen LogP contribution in [0.2, 0.25) is 0 Å². The minimum atomic E-state index is -0.840. The number of hydrogen-bond donors (Lipinski definition) is 1. The molecule has 0 unspecified atom stereocenters. The van der Waals surface area contributed by atoms with E-state index >= 15 is 0 Å². The van der Waals surface area contributed by atoms with Crippen LogP contribution < -0.4 is 0 Å². The van der Waals surface area contributed by atoms with Gasteiger partial charge in [-0.2, -0.15) is 0 Å². The molecule has 15 heavy (non-hydrogen) atoms. The van der Waals surface area contributed by atoms with E-state index in [1.807, 2.05) is 0 Å². The Bertz CT molecular complexity index is 365. The molecule has 0 spiro atoms. The molecular weight excluding hydrogens is 198 g/mol. The molecule has 1 heterocycles. The molecule has 0 saturated carbocycles. The summed E-state index contributed by atoms with van der Waals surface area (Å²) < 4.78 is 1.31. The van der Waals surface area contributed by atoms with E-state index in [2.05, 4.69) is 5.10 Å². The first-order chi connectivity index (χ1) is 6.79. The van der Waals surface area contributed by atoms with Gasteiger partial charge < -0.3 is 15.2 Å². The van der Waals surface area contributed by atoms with Gasteiger partial charge in [0.05, 0.1) is 17.4 Å². The lowest BCUT2D eigenvalue weighted by atomic mass is 10.1. The van der Waals surface area contributed by atoms with Crippen molar-refractivity contribution in [3.05, 3.63) is 21.9 Å². The summed E-state index contributed by atoms with van der Waals surface area (Å²) in [6.07, 6.45) is 0.426. The highest BCUT2D eigenvalue weighted by Gasteiger charge is 2.20. The maximum atomic E-state index is 10.6. The summed E-state index contributed by atoms with van der Waals surface area (Å²) in [6.45, 7) is 5.37. The Hall–Kier alpha value is -1.43. The quantitative estimate of drug-likeness (QED) is 0.603. The fraction of sp³-hybridized carbons (Fsp3) is 0.667. The lowest BCUT2D eigenvalue weighted by Crippen LogP contribution is -2.21. The summed E-state index contributed by atoms with van der Waals surface area (Å²) in [5.41, 5.74) is -0.231. The minimum Gasteiger partial charge on any atom is -0.390 e. The molecule has 0 aliphatic heterocycles. The average Bonchev–Trinajstić information content (AvgIpc) is 2.42. The van der Waals surface area contributed by atoms with Crippen LogP contribution in [0.3, 0.4) is 0 Å². The molecule has 0 aliphatic carbocycles. The Kier molecular flexibility index (Phi) is 3.09. The van der Waals surface area contributed by atoms with E-state index in [4.69, 9.17) is 0 Å². The summed E-state index contributed by atoms with van der Waals surface area (Å²) in [7, 11) is 0. The topological polar surface area (TPSA) is 81.2 Å². The van der Waals surface area contributed by atoms with Crippen molar-refractivity contribution >= 4 is 5.82 Å². The zero-order valence-corrected chi connectivity index (χ0v) is 9.10. The lowest BCUT2D eigenvalue weighted by molar-refractivity contribution is -0.392. The lowest BCUT2D eigenvalue weighted by Gasteiger charge is -2.14. The average molecular weight is 213 g/mol. The fourth-order valence-electron chi connectivity index (χ4n) is 1.22. The number of aryl methyl sites for hydroxylation is 2. The Morgan fingerprint density at radius 2 is 2.27 bits per heavy atom. The molecule has 0 atom stereocenters. The molecule has 1 rings (SSSR count). The number of aliphatic hydroxyl groups is 1. The van der Waals surface area contributed by atoms with Gasteiger partial charge in [-0.1, -0.05) is 5.10 Å². The van der Waals surface area contributed by atoms with Crippen LogP contribution in [0.4, 0.5) is 5.82 Å². The molecule has 1 aromatic heterocycles. The van der Waals surface area contributed by atoms with E-state index in [9.17, 15) is 15.2 Å². The second-order valence-electron chi connectivity index (χ2n) is 4.19. The van der Waals surface area contributed by atoms with Gasteiger partial charge in [0.25, 0.3) is 0 Å². The Labute approximate surface area is 87.7 Å². The minimum absolute atomic E-state index is 0.0308. The SMILES string of the molecule is Cc1cc([N+](=O)[O-])n(CCC(C)(C)O)n1. The zero-order valence-electron chi connectivity index (χ0n) is 9.10. The Morgan fingerprint density at radius 3 is 2.73 bits per heavy atom. The Morgan fingerprint density at radius 1 is 1.67 bits per heavy atom. The van der Waals surface area contributed by atoms with Gasteiger partial charge in [-0.25, -0.2) is 0 Å². The molecule has 84 valence electrons. The number of nitro groups is 1. The summed E-state index contributed by atoms with van der Waals surface area (Å²) in [4.78, 5) is 10.2. The zero-order chi connectivity index (χ0) is 11.6. The number of aromatic nitrogens is 2. The fourth-order valence-corrected chi connectivity index (χ4v) is 1.22. The first kappa shape index (κ1) is 11.6. The molecule has 6 heteroatoms. The molecule has 0 amide bonds. The number of rotatable bonds is 4. The predicted octanol–water partition coefficient (Wildman–Crippen LogP) is 1.26. The van der Waals surface area contributed by atoms with Crippen LogP contribution in [-0.4, -0.2) is 25.4 Å². The van der Waals surface area contributed by atoms with Gasteiger partial charge in [0, 0.05) is 6.42 Å². The normalized spacial score (nSPS) is 11.7. The molecule has 0 radical (unpaired) electrons. The first-order valence-corrected chi connectivity index (χ1v) is 4.71. The van der Waals surface area contributed by atoms with Crippen LogP contribution in [0, 0.1) is 17.0 Å². The monoisotopic (exact) mass is 213 g/mol. The Balaban J connectivity index is 2.80. The molecule has 1 aromatic rings. The van der Waals surface area contributed by atoms with Crippen LogP contribution in [-0.2, 0) is 6.54 Å². The highest BCUT2D eigenvalue weighted by molar-refractivity contribution is 5.21. The maximum Gasteiger partial charge on any atom is 0.345 e. The number of nitrogens with zero attached hydrogens (tertiary/aromatic N) is 3. The van der Waals surface area contributed by atoms with Crippen molar-refractivity contribution in [1.82, 2.24) is 9.78 Å². The van der Waals surface area contributed by atoms with Gasteiger partial charge in [0.2, 0.25) is 0 Å². The van der Waals surface area contributed by atoms with Crippen LogP contribution in [0.25, 0.3) is 0 Å². The van der Waals surface area contributed by atoms with Gasteiger partial charge in [-0.15, -0.1) is 4.68 Å². The van der Waals surface area contributed by atoms with Crippen molar-refractivity contribution in [3.63, 3.8) is 0 Å². The molecule has 0 saturated heterocycles. The third-order valence-corrected chi connectivity index (χ3v) is 2.00. The van der Waals surface area contributed by atoms with Gasteiger partial charge in [0.15, 0.2) is 0 Å². The smallest absolute Gasteiger partial charge is 0.345 e. The van der Waals surface area contributed by atoms with E-state index < -0.39 is 10.5 Å². The summed E-state index contributed by atoms with van der Waals surface area (Å²) in [5, 5.41) is 24.1. The highest BCUT2D eigenvalue weighted by Crippen LogP contribution is 2.16. The van der Waals surface area contributed by atoms with E-state index in [0.717, 1.165) is 0 Å². The standard InChI is InChI=1S/C9H15N3O3/c1-7-6-8(12(14)15)11(10-7)5-4-9(2,3)13/h6,13H,4-5H2,1-3H3. The van der Waals surface area contributed by atoms with Crippen molar-refractivity contribution in [2.75, 3.05) is 0 Å². The van der Waals surface area contributed by atoms with E-state index in [1.165, 1.54) is 10.7 Å². The van der Waals surface area contributed by atoms with Crippen LogP contribution in [0.15, 0.2) is 6.07 Å². The molecule has 0 aromatic carbocycles. The van der Waals surface area contributed by atoms with E-state index in [0.29, 0.717) is 18.7 Å². The molecule has 6 nitrogen and oxygen atoms in total. The largest absolute Gasteiger partial charge is 0.390 e. The van der Waals surface area contributed by atoms with Crippen LogP contribution >= 0.6 is 0 Å². The predicted molar refractivity (Wildman–Crippen MR) is 54.5 cm³/mol. The van der Waals surface area contributed by atoms with Gasteiger partial charge in [0.1, 0.15) is 6.54 Å². The van der Waals surface area contributed by atoms with Crippen LogP contribution in [0.5, 0.6) is 0 Å². The van der Waals surface area contributed by atoms with Crippen LogP contribution in [0.1, 0.15) is 26.0 Å². The van der Waals surface area contributed by atoms with E-state index in [-0.39, 0.29) is 5.82 Å². The van der Waals surface area contributed by atoms with Gasteiger partial charge in [-0.3, -0.25) is 0 Å². The summed E-state index contributed by atoms with van der Waals surface area (Å²) in [5.74, 6) is -0.0308. The highest BCUT2D eigenvalue weighted by atomic mass is 16.6. The van der Waals surface area contributed by atoms with Gasteiger partial charge >= 0.3 is 5.82 Å². The molecular formula is C9H15N3O3. The molecule has 0 fully saturated rings. The summed E-state index contributed by atoms with van der Waals surface area (Å²) in [6, 6.07) is 1.42. The van der Waals surface area contributed by atoms with E-state index in [1.54, 1.807) is 20.8 Å². The second kappa shape index (κ2) is 3.98. The van der Waals surface area contributed by atoms with Crippen molar-refractivity contribution in [3.8, 4) is 0 Å². The number of hydrogen-bond acceptors (Lipinski definition) is 4. The van der Waals surface area contributed by atoms with Crippen molar-refractivity contribution in [2.45, 2.75) is 39.3 Å². The van der Waals surface area contributed by atoms with Crippen molar-refractivity contribution in [1.29, 1.82) is 0 Å². The van der Waals surface area contributed by atoms with Crippen molar-refractivity contribution < 1.29 is 10.0 Å². The van der Waals surface area contributed by atoms with Crippen molar-refractivity contribution in [2.24, 2.45) is 0 Å². The third kappa shape index (κ3) is 3.32. The molecule has 1 N–H and O–H groups in total. The first-order valence-electron chi connectivity index (χ1n) is 4.71.